The van der Waals surface area contributed by atoms with Crippen LogP contribution in [0.5, 0.6) is 0 Å². The molecule has 1 aliphatic rings. The van der Waals surface area contributed by atoms with E-state index in [-0.39, 0.29) is 0 Å². The molecule has 1 aliphatic carbocycles. The lowest BCUT2D eigenvalue weighted by Gasteiger charge is -2.20. The zero-order valence-corrected chi connectivity index (χ0v) is 17.5. The van der Waals surface area contributed by atoms with Gasteiger partial charge in [0.2, 0.25) is 0 Å². The molecule has 0 atom stereocenters. The number of benzene rings is 6. The van der Waals surface area contributed by atoms with Gasteiger partial charge in [0.1, 0.15) is 0 Å². The third-order valence-corrected chi connectivity index (χ3v) is 6.78. The van der Waals surface area contributed by atoms with Crippen LogP contribution in [0.4, 0.5) is 0 Å². The number of hydrogen-bond donors (Lipinski definition) is 0. The van der Waals surface area contributed by atoms with Gasteiger partial charge in [-0.2, -0.15) is 0 Å². The number of fused-ring (bicyclic) bond motifs is 4. The molecule has 0 saturated carbocycles. The summed E-state index contributed by atoms with van der Waals surface area (Å²) in [4.78, 5) is 0. The van der Waals surface area contributed by atoms with Crippen LogP contribution in [0.1, 0.15) is 0 Å². The lowest BCUT2D eigenvalue weighted by atomic mass is 9.82. The maximum Gasteiger partial charge on any atom is -0.000742 e. The molecule has 0 heteroatoms. The first kappa shape index (κ1) is 17.5. The third kappa shape index (κ3) is 2.32. The Hall–Kier alpha value is -4.16. The van der Waals surface area contributed by atoms with Crippen LogP contribution in [0.15, 0.2) is 121 Å². The van der Waals surface area contributed by atoms with E-state index < -0.39 is 0 Å². The Labute approximate surface area is 187 Å². The molecule has 0 fully saturated rings. The molecule has 0 radical (unpaired) electrons. The Morgan fingerprint density at radius 1 is 0.312 bits per heavy atom. The van der Waals surface area contributed by atoms with Gasteiger partial charge in [0, 0.05) is 0 Å². The molecular formula is C32H20. The Kier molecular flexibility index (Phi) is 3.65. The van der Waals surface area contributed by atoms with Gasteiger partial charge in [-0.1, -0.05) is 121 Å². The van der Waals surface area contributed by atoms with E-state index in [0.29, 0.717) is 0 Å². The van der Waals surface area contributed by atoms with Crippen LogP contribution in [0.3, 0.4) is 0 Å². The molecule has 0 spiro atoms. The van der Waals surface area contributed by atoms with Crippen LogP contribution in [0.2, 0.25) is 0 Å². The van der Waals surface area contributed by atoms with Crippen molar-refractivity contribution >= 4 is 21.5 Å². The van der Waals surface area contributed by atoms with E-state index >= 15 is 0 Å². The van der Waals surface area contributed by atoms with Gasteiger partial charge in [-0.3, -0.25) is 0 Å². The first-order valence-electron chi connectivity index (χ1n) is 11.1. The van der Waals surface area contributed by atoms with Crippen LogP contribution in [0, 0.1) is 0 Å². The Balaban J connectivity index is 1.78. The van der Waals surface area contributed by atoms with E-state index in [2.05, 4.69) is 121 Å². The second-order valence-electron chi connectivity index (χ2n) is 8.49. The number of rotatable bonds is 2. The normalized spacial score (nSPS) is 11.8. The summed E-state index contributed by atoms with van der Waals surface area (Å²) in [5.74, 6) is 0. The molecule has 0 amide bonds. The predicted molar refractivity (Wildman–Crippen MR) is 137 cm³/mol. The summed E-state index contributed by atoms with van der Waals surface area (Å²) >= 11 is 0. The molecule has 0 unspecified atom stereocenters. The fourth-order valence-corrected chi connectivity index (χ4v) is 5.54. The topological polar surface area (TPSA) is 0 Å². The maximum atomic E-state index is 2.30. The van der Waals surface area contributed by atoms with E-state index in [1.165, 1.54) is 66.1 Å². The molecule has 148 valence electrons. The Morgan fingerprint density at radius 3 is 1.22 bits per heavy atom. The van der Waals surface area contributed by atoms with E-state index in [0.717, 1.165) is 0 Å². The summed E-state index contributed by atoms with van der Waals surface area (Å²) in [6, 6.07) is 44.1. The second kappa shape index (κ2) is 6.67. The monoisotopic (exact) mass is 404 g/mol. The summed E-state index contributed by atoms with van der Waals surface area (Å²) in [5, 5.41) is 5.29. The molecule has 6 aromatic carbocycles. The predicted octanol–water partition coefficient (Wildman–Crippen LogP) is 8.97. The van der Waals surface area contributed by atoms with Gasteiger partial charge in [0.25, 0.3) is 0 Å². The second-order valence-corrected chi connectivity index (χ2v) is 8.49. The molecule has 0 aromatic heterocycles. The average molecular weight is 405 g/mol. The van der Waals surface area contributed by atoms with Crippen molar-refractivity contribution in [3.05, 3.63) is 121 Å². The molecule has 0 aliphatic heterocycles. The van der Waals surface area contributed by atoms with Crippen molar-refractivity contribution in [2.75, 3.05) is 0 Å². The van der Waals surface area contributed by atoms with Crippen molar-refractivity contribution in [3.8, 4) is 44.5 Å². The van der Waals surface area contributed by atoms with E-state index in [4.69, 9.17) is 0 Å². The van der Waals surface area contributed by atoms with Gasteiger partial charge in [-0.05, 0) is 66.1 Å². The highest BCUT2D eigenvalue weighted by molar-refractivity contribution is 6.27. The van der Waals surface area contributed by atoms with Crippen molar-refractivity contribution < 1.29 is 0 Å². The first-order valence-corrected chi connectivity index (χ1v) is 11.1. The summed E-state index contributed by atoms with van der Waals surface area (Å²) in [6.45, 7) is 0. The molecule has 6 aromatic rings. The van der Waals surface area contributed by atoms with Gasteiger partial charge in [0.05, 0.1) is 0 Å². The largest absolute Gasteiger partial charge is 0.0622 e. The van der Waals surface area contributed by atoms with Gasteiger partial charge in [0.15, 0.2) is 0 Å². The summed E-state index contributed by atoms with van der Waals surface area (Å²) in [6.07, 6.45) is 0. The van der Waals surface area contributed by atoms with Gasteiger partial charge in [-0.25, -0.2) is 0 Å². The van der Waals surface area contributed by atoms with Crippen LogP contribution >= 0.6 is 0 Å². The van der Waals surface area contributed by atoms with E-state index in [1.54, 1.807) is 0 Å². The minimum atomic E-state index is 1.27. The van der Waals surface area contributed by atoms with Crippen LogP contribution in [-0.4, -0.2) is 0 Å². The van der Waals surface area contributed by atoms with Gasteiger partial charge in [-0.15, -0.1) is 0 Å². The fraction of sp³-hybridized carbons (Fsp3) is 0. The maximum absolute atomic E-state index is 2.30. The molecule has 0 N–H and O–H groups in total. The molecule has 32 heavy (non-hydrogen) atoms. The Morgan fingerprint density at radius 2 is 0.750 bits per heavy atom. The van der Waals surface area contributed by atoms with Crippen LogP contribution in [0.25, 0.3) is 66.1 Å². The average Bonchev–Trinajstić information content (AvgIpc) is 3.19. The smallest absolute Gasteiger partial charge is 0.000742 e. The minimum Gasteiger partial charge on any atom is -0.0622 e. The highest BCUT2D eigenvalue weighted by atomic mass is 14.3. The molecule has 0 heterocycles. The Bertz CT molecular complexity index is 1520. The highest BCUT2D eigenvalue weighted by Crippen LogP contribution is 2.57. The lowest BCUT2D eigenvalue weighted by Crippen LogP contribution is -1.93. The van der Waals surface area contributed by atoms with Gasteiger partial charge >= 0.3 is 0 Å². The SMILES string of the molecule is c1ccc(-c2c3c(c(-c4ccccc4)c4ccccc24)-c2cccc4cccc-3c24)cc1. The van der Waals surface area contributed by atoms with Crippen LogP contribution < -0.4 is 0 Å². The van der Waals surface area contributed by atoms with E-state index in [1.807, 2.05) is 0 Å². The van der Waals surface area contributed by atoms with Crippen molar-refractivity contribution in [3.63, 3.8) is 0 Å². The van der Waals surface area contributed by atoms with Crippen molar-refractivity contribution in [2.45, 2.75) is 0 Å². The van der Waals surface area contributed by atoms with Crippen molar-refractivity contribution in [2.24, 2.45) is 0 Å². The quantitative estimate of drug-likeness (QED) is 0.270. The summed E-state index contributed by atoms with van der Waals surface area (Å²) < 4.78 is 0. The third-order valence-electron chi connectivity index (χ3n) is 6.78. The minimum absolute atomic E-state index is 1.27. The summed E-state index contributed by atoms with van der Waals surface area (Å²) in [7, 11) is 0. The molecule has 7 rings (SSSR count). The van der Waals surface area contributed by atoms with Crippen molar-refractivity contribution in [1.82, 2.24) is 0 Å². The first-order chi connectivity index (χ1) is 15.9. The zero-order chi connectivity index (χ0) is 21.1. The lowest BCUT2D eigenvalue weighted by molar-refractivity contribution is 1.62. The fourth-order valence-electron chi connectivity index (χ4n) is 5.54. The molecule has 0 nitrogen and oxygen atoms in total. The van der Waals surface area contributed by atoms with E-state index in [9.17, 15) is 0 Å². The highest BCUT2D eigenvalue weighted by Gasteiger charge is 2.29. The van der Waals surface area contributed by atoms with Crippen molar-refractivity contribution in [1.29, 1.82) is 0 Å². The molecule has 0 saturated heterocycles. The zero-order valence-electron chi connectivity index (χ0n) is 17.5. The number of hydrogen-bond acceptors (Lipinski definition) is 0. The molecule has 0 bridgehead atoms. The van der Waals surface area contributed by atoms with Crippen LogP contribution in [-0.2, 0) is 0 Å². The van der Waals surface area contributed by atoms with Gasteiger partial charge < -0.3 is 0 Å². The molecular weight excluding hydrogens is 384 g/mol. The summed E-state index contributed by atoms with van der Waals surface area (Å²) in [5.41, 5.74) is 10.6. The standard InChI is InChI=1S/C32H20/c1-3-11-22(12-4-1)29-24-17-7-8-18-25(24)30(23-13-5-2-6-14-23)32-27-20-10-16-21-15-9-19-26(28(21)27)31(29)32/h1-20H.